The number of likely N-dealkylation sites (tertiary alicyclic amines) is 1. The first kappa shape index (κ1) is 27.6. The molecule has 1 unspecified atom stereocenters. The summed E-state index contributed by atoms with van der Waals surface area (Å²) < 4.78 is 1.78. The van der Waals surface area contributed by atoms with Crippen LogP contribution in [0.15, 0.2) is 63.0 Å². The predicted molar refractivity (Wildman–Crippen MR) is 148 cm³/mol. The van der Waals surface area contributed by atoms with Crippen molar-refractivity contribution < 1.29 is 14.7 Å². The molecule has 0 aromatic heterocycles. The third-order valence-electron chi connectivity index (χ3n) is 6.37. The van der Waals surface area contributed by atoms with Crippen molar-refractivity contribution in [2.24, 2.45) is 0 Å². The molecule has 0 aliphatic carbocycles. The summed E-state index contributed by atoms with van der Waals surface area (Å²) in [7, 11) is 0. The average Bonchev–Trinajstić information content (AvgIpc) is 3.10. The van der Waals surface area contributed by atoms with E-state index in [4.69, 9.17) is 0 Å². The van der Waals surface area contributed by atoms with E-state index in [0.717, 1.165) is 66.2 Å². The lowest BCUT2D eigenvalue weighted by Crippen LogP contribution is -2.34. The summed E-state index contributed by atoms with van der Waals surface area (Å²) in [5.74, 6) is -1.32. The molecule has 0 radical (unpaired) electrons. The summed E-state index contributed by atoms with van der Waals surface area (Å²) in [6.07, 6.45) is 5.38. The Morgan fingerprint density at radius 1 is 0.857 bits per heavy atom. The number of nitrogens with zero attached hydrogens (tertiary/aromatic N) is 2. The number of Topliss-reactive ketones (excluding diaryl/α,β-unsaturated/α-hetero) is 1. The first-order valence-corrected chi connectivity index (χ1v) is 14.0. The van der Waals surface area contributed by atoms with Crippen LogP contribution in [0, 0.1) is 0 Å². The SMILES string of the molecule is CCCCN(CCCC)CCCN1C(=O)C(=O)/C(=C(/O)c2ccc(Br)cc2)C1c1ccc(Br)cc1. The van der Waals surface area contributed by atoms with Gasteiger partial charge in [-0.2, -0.15) is 0 Å². The van der Waals surface area contributed by atoms with E-state index in [1.165, 1.54) is 0 Å². The number of halogens is 2. The highest BCUT2D eigenvalue weighted by Gasteiger charge is 2.45. The summed E-state index contributed by atoms with van der Waals surface area (Å²) in [5.41, 5.74) is 1.46. The Bertz CT molecular complexity index is 1030. The van der Waals surface area contributed by atoms with Gasteiger partial charge in [0.05, 0.1) is 11.6 Å². The number of carbonyl (C=O) groups is 2. The monoisotopic (exact) mass is 604 g/mol. The van der Waals surface area contributed by atoms with Crippen LogP contribution < -0.4 is 0 Å². The molecule has 1 aliphatic rings. The first-order chi connectivity index (χ1) is 16.9. The molecule has 3 rings (SSSR count). The zero-order chi connectivity index (χ0) is 25.4. The molecular weight excluding hydrogens is 572 g/mol. The Labute approximate surface area is 225 Å². The number of benzene rings is 2. The first-order valence-electron chi connectivity index (χ1n) is 12.4. The Balaban J connectivity index is 1.90. The molecule has 188 valence electrons. The number of aliphatic hydroxyl groups is 1. The highest BCUT2D eigenvalue weighted by molar-refractivity contribution is 9.10. The standard InChI is InChI=1S/C28H34Br2N2O3/c1-3-5-16-31(17-6-4-2)18-7-19-32-25(20-8-12-22(29)13-9-20)24(27(34)28(32)35)26(33)21-10-14-23(30)15-11-21/h8-15,25,33H,3-7,16-19H2,1-2H3/b26-24+. The molecule has 1 aliphatic heterocycles. The maximum absolute atomic E-state index is 13.2. The molecule has 1 heterocycles. The van der Waals surface area contributed by atoms with Crippen molar-refractivity contribution in [3.8, 4) is 0 Å². The van der Waals surface area contributed by atoms with Crippen LogP contribution in [0.2, 0.25) is 0 Å². The van der Waals surface area contributed by atoms with Crippen LogP contribution in [0.5, 0.6) is 0 Å². The fourth-order valence-corrected chi connectivity index (χ4v) is 4.96. The van der Waals surface area contributed by atoms with E-state index in [2.05, 4.69) is 50.6 Å². The van der Waals surface area contributed by atoms with Crippen molar-refractivity contribution in [1.82, 2.24) is 9.80 Å². The summed E-state index contributed by atoms with van der Waals surface area (Å²) in [6.45, 7) is 7.83. The molecule has 1 N–H and O–H groups in total. The summed E-state index contributed by atoms with van der Waals surface area (Å²) in [6, 6.07) is 14.1. The van der Waals surface area contributed by atoms with Crippen LogP contribution >= 0.6 is 31.9 Å². The number of hydrogen-bond acceptors (Lipinski definition) is 4. The van der Waals surface area contributed by atoms with Crippen LogP contribution in [-0.4, -0.2) is 52.8 Å². The van der Waals surface area contributed by atoms with E-state index in [0.29, 0.717) is 12.1 Å². The molecule has 2 aromatic rings. The normalized spacial score (nSPS) is 17.5. The minimum Gasteiger partial charge on any atom is -0.507 e. The van der Waals surface area contributed by atoms with Gasteiger partial charge in [0.1, 0.15) is 5.76 Å². The van der Waals surface area contributed by atoms with Crippen molar-refractivity contribution in [2.45, 2.75) is 52.0 Å². The second-order valence-electron chi connectivity index (χ2n) is 8.95. The molecule has 2 aromatic carbocycles. The zero-order valence-electron chi connectivity index (χ0n) is 20.5. The van der Waals surface area contributed by atoms with E-state index < -0.39 is 17.7 Å². The van der Waals surface area contributed by atoms with Crippen LogP contribution in [0.4, 0.5) is 0 Å². The summed E-state index contributed by atoms with van der Waals surface area (Å²) in [5, 5.41) is 11.2. The van der Waals surface area contributed by atoms with Gasteiger partial charge in [-0.05, 0) is 68.7 Å². The van der Waals surface area contributed by atoms with Gasteiger partial charge in [0.15, 0.2) is 0 Å². The Hall–Kier alpha value is -1.96. The van der Waals surface area contributed by atoms with Gasteiger partial charge in [-0.15, -0.1) is 0 Å². The van der Waals surface area contributed by atoms with Gasteiger partial charge in [-0.1, -0.05) is 82.8 Å². The fourth-order valence-electron chi connectivity index (χ4n) is 4.43. The number of ketones is 1. The largest absolute Gasteiger partial charge is 0.507 e. The molecule has 1 amide bonds. The zero-order valence-corrected chi connectivity index (χ0v) is 23.6. The smallest absolute Gasteiger partial charge is 0.295 e. The van der Waals surface area contributed by atoms with Gasteiger partial charge in [0, 0.05) is 21.1 Å². The van der Waals surface area contributed by atoms with E-state index in [1.54, 1.807) is 29.2 Å². The molecule has 0 spiro atoms. The molecule has 35 heavy (non-hydrogen) atoms. The molecule has 1 saturated heterocycles. The maximum atomic E-state index is 13.2. The van der Waals surface area contributed by atoms with Gasteiger partial charge in [-0.3, -0.25) is 9.59 Å². The maximum Gasteiger partial charge on any atom is 0.295 e. The number of unbranched alkanes of at least 4 members (excludes halogenated alkanes) is 2. The Morgan fingerprint density at radius 2 is 1.37 bits per heavy atom. The Morgan fingerprint density at radius 3 is 1.91 bits per heavy atom. The van der Waals surface area contributed by atoms with Gasteiger partial charge in [0.25, 0.3) is 11.7 Å². The predicted octanol–water partition coefficient (Wildman–Crippen LogP) is 6.93. The van der Waals surface area contributed by atoms with E-state index >= 15 is 0 Å². The van der Waals surface area contributed by atoms with E-state index in [9.17, 15) is 14.7 Å². The van der Waals surface area contributed by atoms with Crippen molar-refractivity contribution in [1.29, 1.82) is 0 Å². The molecular formula is C28H34Br2N2O3. The highest BCUT2D eigenvalue weighted by Crippen LogP contribution is 2.39. The van der Waals surface area contributed by atoms with Gasteiger partial charge in [0.2, 0.25) is 0 Å². The minimum atomic E-state index is -0.632. The van der Waals surface area contributed by atoms with Crippen LogP contribution in [-0.2, 0) is 9.59 Å². The highest BCUT2D eigenvalue weighted by atomic mass is 79.9. The van der Waals surface area contributed by atoms with Crippen molar-refractivity contribution in [3.63, 3.8) is 0 Å². The van der Waals surface area contributed by atoms with Crippen molar-refractivity contribution >= 4 is 49.3 Å². The molecule has 0 bridgehead atoms. The Kier molecular flexibility index (Phi) is 10.6. The summed E-state index contributed by atoms with van der Waals surface area (Å²) >= 11 is 6.86. The fraction of sp³-hybridized carbons (Fsp3) is 0.429. The molecule has 1 atom stereocenters. The van der Waals surface area contributed by atoms with Gasteiger partial charge < -0.3 is 14.9 Å². The van der Waals surface area contributed by atoms with Crippen LogP contribution in [0.25, 0.3) is 5.76 Å². The lowest BCUT2D eigenvalue weighted by atomic mass is 9.95. The number of rotatable bonds is 12. The third kappa shape index (κ3) is 7.05. The quantitative estimate of drug-likeness (QED) is 0.162. The second kappa shape index (κ2) is 13.4. The third-order valence-corrected chi connectivity index (χ3v) is 7.43. The average molecular weight is 606 g/mol. The van der Waals surface area contributed by atoms with E-state index in [1.807, 2.05) is 24.3 Å². The van der Waals surface area contributed by atoms with Crippen molar-refractivity contribution in [2.75, 3.05) is 26.2 Å². The van der Waals surface area contributed by atoms with Gasteiger partial charge in [-0.25, -0.2) is 0 Å². The lowest BCUT2D eigenvalue weighted by molar-refractivity contribution is -0.140. The minimum absolute atomic E-state index is 0.140. The number of hydrogen-bond donors (Lipinski definition) is 1. The van der Waals surface area contributed by atoms with Gasteiger partial charge >= 0.3 is 0 Å². The molecule has 1 fully saturated rings. The molecule has 7 heteroatoms. The molecule has 5 nitrogen and oxygen atoms in total. The number of aliphatic hydroxyl groups excluding tert-OH is 1. The molecule has 0 saturated carbocycles. The van der Waals surface area contributed by atoms with Crippen LogP contribution in [0.1, 0.15) is 63.1 Å². The number of amides is 1. The lowest BCUT2D eigenvalue weighted by Gasteiger charge is -2.27. The summed E-state index contributed by atoms with van der Waals surface area (Å²) in [4.78, 5) is 30.5. The second-order valence-corrected chi connectivity index (χ2v) is 10.8. The number of carbonyl (C=O) groups excluding carboxylic acids is 2. The van der Waals surface area contributed by atoms with Crippen LogP contribution in [0.3, 0.4) is 0 Å². The topological polar surface area (TPSA) is 60.9 Å². The van der Waals surface area contributed by atoms with E-state index in [-0.39, 0.29) is 11.3 Å². The van der Waals surface area contributed by atoms with Crippen molar-refractivity contribution in [3.05, 3.63) is 74.2 Å².